The van der Waals surface area contributed by atoms with Crippen LogP contribution >= 0.6 is 0 Å². The molecule has 11 aromatic carbocycles. The number of hydrogen-bond acceptors (Lipinski definition) is 1. The Hall–Kier alpha value is -7.22. The molecule has 0 aliphatic rings. The van der Waals surface area contributed by atoms with Crippen LogP contribution in [0.1, 0.15) is 0 Å². The summed E-state index contributed by atoms with van der Waals surface area (Å²) in [7, 11) is 0. The van der Waals surface area contributed by atoms with E-state index in [2.05, 4.69) is 194 Å². The molecule has 0 saturated heterocycles. The lowest BCUT2D eigenvalue weighted by Crippen LogP contribution is -1.90. The maximum atomic E-state index is 6.67. The number of fused-ring (bicyclic) bond motifs is 16. The Morgan fingerprint density at radius 3 is 1.35 bits per heavy atom. The number of para-hydroxylation sites is 1. The number of furan rings is 1. The van der Waals surface area contributed by atoms with Crippen LogP contribution in [0.5, 0.6) is 0 Å². The predicted molar refractivity (Wildman–Crippen MR) is 235 cm³/mol. The third-order valence-corrected chi connectivity index (χ3v) is 11.8. The van der Waals surface area contributed by atoms with Crippen LogP contribution in [-0.2, 0) is 0 Å². The van der Waals surface area contributed by atoms with Crippen LogP contribution in [0, 0.1) is 0 Å². The molecule has 0 amide bonds. The van der Waals surface area contributed by atoms with Crippen molar-refractivity contribution in [1.29, 1.82) is 0 Å². The zero-order chi connectivity index (χ0) is 36.0. The standard InChI is InChI=1S/C54H32O/c1-2-11-33(12-3-1)37-26-28-45-49(31-37)41-15-6-8-17-43(41)52-46-29-27-38(32-50(46)42-16-7-9-18-44(42)51(45)52)34-21-23-36(24-22-34)40-19-10-20-47-48-30-25-35-13-4-5-14-39(35)54(48)55-53(40)47/h1-32H. The van der Waals surface area contributed by atoms with Gasteiger partial charge >= 0.3 is 0 Å². The Labute approximate surface area is 317 Å². The van der Waals surface area contributed by atoms with E-state index < -0.39 is 0 Å². The Balaban J connectivity index is 1.03. The number of hydrogen-bond donors (Lipinski definition) is 0. The van der Waals surface area contributed by atoms with Crippen LogP contribution in [-0.4, -0.2) is 0 Å². The van der Waals surface area contributed by atoms with Crippen LogP contribution in [0.25, 0.3) is 120 Å². The molecule has 0 aliphatic heterocycles. The van der Waals surface area contributed by atoms with Gasteiger partial charge in [-0.25, -0.2) is 0 Å². The molecule has 12 aromatic rings. The van der Waals surface area contributed by atoms with Crippen molar-refractivity contribution < 1.29 is 4.42 Å². The van der Waals surface area contributed by atoms with Gasteiger partial charge in [0.25, 0.3) is 0 Å². The van der Waals surface area contributed by atoms with Crippen molar-refractivity contribution in [3.63, 3.8) is 0 Å². The maximum Gasteiger partial charge on any atom is 0.143 e. The van der Waals surface area contributed by atoms with Crippen molar-refractivity contribution in [3.8, 4) is 33.4 Å². The molecule has 0 spiro atoms. The zero-order valence-electron chi connectivity index (χ0n) is 29.9. The summed E-state index contributed by atoms with van der Waals surface area (Å²) in [5, 5.41) is 17.5. The molecular formula is C54H32O. The summed E-state index contributed by atoms with van der Waals surface area (Å²) in [6.45, 7) is 0. The topological polar surface area (TPSA) is 13.1 Å². The summed E-state index contributed by atoms with van der Waals surface area (Å²) in [6, 6.07) is 71.0. The number of rotatable bonds is 3. The van der Waals surface area contributed by atoms with Crippen molar-refractivity contribution >= 4 is 86.6 Å². The minimum Gasteiger partial charge on any atom is -0.455 e. The van der Waals surface area contributed by atoms with Gasteiger partial charge in [-0.1, -0.05) is 176 Å². The van der Waals surface area contributed by atoms with Gasteiger partial charge in [-0.15, -0.1) is 0 Å². The molecule has 0 fully saturated rings. The summed E-state index contributed by atoms with van der Waals surface area (Å²) >= 11 is 0. The quantitative estimate of drug-likeness (QED) is 0.168. The fraction of sp³-hybridized carbons (Fsp3) is 0. The third kappa shape index (κ3) is 4.48. The first-order valence-electron chi connectivity index (χ1n) is 19.0. The minimum atomic E-state index is 0.932. The molecule has 254 valence electrons. The smallest absolute Gasteiger partial charge is 0.143 e. The molecular weight excluding hydrogens is 665 g/mol. The van der Waals surface area contributed by atoms with Gasteiger partial charge in [0.2, 0.25) is 0 Å². The second kappa shape index (κ2) is 11.6. The first kappa shape index (κ1) is 30.3. The SMILES string of the molecule is c1ccc(-c2ccc3c(c2)c2ccccc2c2c4ccc(-c5ccc(-c6cccc7c6oc6c8ccccc8ccc76)cc5)cc4c4ccccc4c32)cc1. The van der Waals surface area contributed by atoms with Crippen molar-refractivity contribution in [1.82, 2.24) is 0 Å². The molecule has 0 atom stereocenters. The summed E-state index contributed by atoms with van der Waals surface area (Å²) in [5.41, 5.74) is 8.99. The highest BCUT2D eigenvalue weighted by Gasteiger charge is 2.18. The average molecular weight is 697 g/mol. The van der Waals surface area contributed by atoms with Gasteiger partial charge in [-0.05, 0) is 105 Å². The van der Waals surface area contributed by atoms with E-state index in [-0.39, 0.29) is 0 Å². The van der Waals surface area contributed by atoms with Crippen LogP contribution in [0.4, 0.5) is 0 Å². The highest BCUT2D eigenvalue weighted by molar-refractivity contribution is 6.39. The lowest BCUT2D eigenvalue weighted by Gasteiger charge is -2.18. The van der Waals surface area contributed by atoms with E-state index in [4.69, 9.17) is 4.42 Å². The highest BCUT2D eigenvalue weighted by atomic mass is 16.3. The van der Waals surface area contributed by atoms with Gasteiger partial charge in [0.05, 0.1) is 0 Å². The first-order valence-corrected chi connectivity index (χ1v) is 19.0. The highest BCUT2D eigenvalue weighted by Crippen LogP contribution is 2.46. The van der Waals surface area contributed by atoms with E-state index in [0.29, 0.717) is 0 Å². The lowest BCUT2D eigenvalue weighted by molar-refractivity contribution is 0.674. The first-order chi connectivity index (χ1) is 27.3. The summed E-state index contributed by atoms with van der Waals surface area (Å²) in [6.07, 6.45) is 0. The van der Waals surface area contributed by atoms with Gasteiger partial charge < -0.3 is 4.42 Å². The molecule has 0 saturated carbocycles. The average Bonchev–Trinajstić information content (AvgIpc) is 3.66. The van der Waals surface area contributed by atoms with E-state index in [1.165, 1.54) is 81.5 Å². The second-order valence-corrected chi connectivity index (χ2v) is 14.8. The molecule has 0 N–H and O–H groups in total. The summed E-state index contributed by atoms with van der Waals surface area (Å²) < 4.78 is 6.67. The molecule has 55 heavy (non-hydrogen) atoms. The number of benzene rings is 11. The molecule has 0 radical (unpaired) electrons. The summed E-state index contributed by atoms with van der Waals surface area (Å²) in [4.78, 5) is 0. The van der Waals surface area contributed by atoms with E-state index in [1.807, 2.05) is 0 Å². The Morgan fingerprint density at radius 1 is 0.236 bits per heavy atom. The van der Waals surface area contributed by atoms with Gasteiger partial charge in [-0.3, -0.25) is 0 Å². The van der Waals surface area contributed by atoms with Crippen LogP contribution in [0.3, 0.4) is 0 Å². The zero-order valence-corrected chi connectivity index (χ0v) is 29.9. The van der Waals surface area contributed by atoms with E-state index >= 15 is 0 Å². The molecule has 1 nitrogen and oxygen atoms in total. The molecule has 1 aromatic heterocycles. The molecule has 1 heteroatoms. The molecule has 0 aliphatic carbocycles. The van der Waals surface area contributed by atoms with Gasteiger partial charge in [-0.2, -0.15) is 0 Å². The molecule has 12 rings (SSSR count). The van der Waals surface area contributed by atoms with E-state index in [0.717, 1.165) is 38.5 Å². The Bertz CT molecular complexity index is 3520. The summed E-state index contributed by atoms with van der Waals surface area (Å²) in [5.74, 6) is 0. The molecule has 0 bridgehead atoms. The maximum absolute atomic E-state index is 6.67. The minimum absolute atomic E-state index is 0.932. The Morgan fingerprint density at radius 2 is 0.691 bits per heavy atom. The van der Waals surface area contributed by atoms with Crippen LogP contribution in [0.15, 0.2) is 199 Å². The Kier molecular flexibility index (Phi) is 6.40. The van der Waals surface area contributed by atoms with Crippen LogP contribution < -0.4 is 0 Å². The predicted octanol–water partition coefficient (Wildman–Crippen LogP) is 15.5. The fourth-order valence-corrected chi connectivity index (χ4v) is 9.26. The largest absolute Gasteiger partial charge is 0.455 e. The van der Waals surface area contributed by atoms with Crippen molar-refractivity contribution in [3.05, 3.63) is 194 Å². The molecule has 0 unspecified atom stereocenters. The van der Waals surface area contributed by atoms with Gasteiger partial charge in [0.15, 0.2) is 0 Å². The van der Waals surface area contributed by atoms with E-state index in [9.17, 15) is 0 Å². The van der Waals surface area contributed by atoms with E-state index in [1.54, 1.807) is 0 Å². The van der Waals surface area contributed by atoms with Crippen LogP contribution in [0.2, 0.25) is 0 Å². The second-order valence-electron chi connectivity index (χ2n) is 14.8. The van der Waals surface area contributed by atoms with Crippen molar-refractivity contribution in [2.24, 2.45) is 0 Å². The van der Waals surface area contributed by atoms with Gasteiger partial charge in [0.1, 0.15) is 11.2 Å². The van der Waals surface area contributed by atoms with Crippen molar-refractivity contribution in [2.75, 3.05) is 0 Å². The normalized spacial score (nSPS) is 12.0. The monoisotopic (exact) mass is 696 g/mol. The van der Waals surface area contributed by atoms with Gasteiger partial charge in [0, 0.05) is 21.7 Å². The van der Waals surface area contributed by atoms with Crippen molar-refractivity contribution in [2.45, 2.75) is 0 Å². The molecule has 1 heterocycles. The third-order valence-electron chi connectivity index (χ3n) is 11.8. The lowest BCUT2D eigenvalue weighted by atomic mass is 9.85. The fourth-order valence-electron chi connectivity index (χ4n) is 9.26.